The SMILES string of the molecule is O=C(O)c1cc(C(=O)O)cc(-n2c(-c3ccc(C(=C(c4ccccc4)c4ccccc4)c4ccccc4)cc3)nc3c4ccccc4c4ccccc4c32)c1. The van der Waals surface area contributed by atoms with Gasteiger partial charge >= 0.3 is 11.9 Å². The summed E-state index contributed by atoms with van der Waals surface area (Å²) in [7, 11) is 0. The van der Waals surface area contributed by atoms with Crippen LogP contribution in [0.1, 0.15) is 43.0 Å². The Morgan fingerprint density at radius 3 is 1.29 bits per heavy atom. The number of aromatic carboxylic acids is 2. The zero-order valence-electron chi connectivity index (χ0n) is 29.4. The fourth-order valence-electron chi connectivity index (χ4n) is 7.65. The summed E-state index contributed by atoms with van der Waals surface area (Å²) in [4.78, 5) is 30.0. The lowest BCUT2D eigenvalue weighted by atomic mass is 9.85. The van der Waals surface area contributed by atoms with Gasteiger partial charge in [0.15, 0.2) is 0 Å². The number of benzene rings is 8. The van der Waals surface area contributed by atoms with Crippen molar-refractivity contribution in [2.24, 2.45) is 0 Å². The first kappa shape index (κ1) is 33.3. The van der Waals surface area contributed by atoms with Crippen LogP contribution in [0.2, 0.25) is 0 Å². The van der Waals surface area contributed by atoms with Gasteiger partial charge in [-0.1, -0.05) is 164 Å². The van der Waals surface area contributed by atoms with E-state index in [1.165, 1.54) is 18.2 Å². The molecule has 0 atom stereocenters. The van der Waals surface area contributed by atoms with Gasteiger partial charge in [0.2, 0.25) is 0 Å². The Kier molecular flexibility index (Phi) is 8.33. The number of carbonyl (C=O) groups is 2. The maximum atomic E-state index is 12.4. The van der Waals surface area contributed by atoms with Gasteiger partial charge in [0.25, 0.3) is 0 Å². The zero-order valence-corrected chi connectivity index (χ0v) is 29.4. The standard InChI is InChI=1S/C49H32N2O4/c52-48(53)36-28-37(49(54)55)30-38(29-36)51-46-42-23-13-11-21-40(42)39-20-10-12-22-41(39)45(46)50-47(51)35-26-24-34(25-27-35)44(33-18-8-3-9-19-33)43(31-14-4-1-5-15-31)32-16-6-2-7-17-32/h1-30H,(H,52,53)(H,54,55). The van der Waals surface area contributed by atoms with E-state index < -0.39 is 11.9 Å². The number of hydrogen-bond donors (Lipinski definition) is 2. The van der Waals surface area contributed by atoms with Crippen molar-refractivity contribution in [1.29, 1.82) is 0 Å². The van der Waals surface area contributed by atoms with Gasteiger partial charge in [-0.05, 0) is 62.4 Å². The minimum atomic E-state index is -1.22. The van der Waals surface area contributed by atoms with Crippen LogP contribution in [0.5, 0.6) is 0 Å². The number of imidazole rings is 1. The first-order valence-corrected chi connectivity index (χ1v) is 17.9. The summed E-state index contributed by atoms with van der Waals surface area (Å²) in [5, 5.41) is 24.1. The van der Waals surface area contributed by atoms with Crippen LogP contribution in [-0.4, -0.2) is 31.7 Å². The molecule has 6 heteroatoms. The molecule has 0 unspecified atom stereocenters. The van der Waals surface area contributed by atoms with Gasteiger partial charge in [-0.15, -0.1) is 0 Å². The average molecular weight is 713 g/mol. The first-order chi connectivity index (χ1) is 27.0. The van der Waals surface area contributed by atoms with Crippen LogP contribution < -0.4 is 0 Å². The molecule has 0 fully saturated rings. The Hall–Kier alpha value is -7.57. The lowest BCUT2D eigenvalue weighted by Crippen LogP contribution is -2.07. The van der Waals surface area contributed by atoms with Crippen LogP contribution >= 0.6 is 0 Å². The predicted molar refractivity (Wildman–Crippen MR) is 220 cm³/mol. The third-order valence-corrected chi connectivity index (χ3v) is 10.1. The molecule has 6 nitrogen and oxygen atoms in total. The molecular weight excluding hydrogens is 681 g/mol. The van der Waals surface area contributed by atoms with Crippen LogP contribution in [0.3, 0.4) is 0 Å². The lowest BCUT2D eigenvalue weighted by molar-refractivity contribution is 0.0696. The third-order valence-electron chi connectivity index (χ3n) is 10.1. The fraction of sp³-hybridized carbons (Fsp3) is 0. The second-order valence-corrected chi connectivity index (χ2v) is 13.4. The number of rotatable bonds is 8. The molecule has 55 heavy (non-hydrogen) atoms. The monoisotopic (exact) mass is 712 g/mol. The number of hydrogen-bond acceptors (Lipinski definition) is 3. The average Bonchev–Trinajstić information content (AvgIpc) is 3.65. The van der Waals surface area contributed by atoms with Crippen molar-refractivity contribution >= 4 is 55.7 Å². The predicted octanol–water partition coefficient (Wildman–Crippen LogP) is 11.4. The summed E-state index contributed by atoms with van der Waals surface area (Å²) >= 11 is 0. The number of carboxylic acid groups (broad SMARTS) is 2. The Morgan fingerprint density at radius 1 is 0.418 bits per heavy atom. The maximum Gasteiger partial charge on any atom is 0.335 e. The topological polar surface area (TPSA) is 92.4 Å². The van der Waals surface area contributed by atoms with E-state index in [2.05, 4.69) is 84.9 Å². The quantitative estimate of drug-likeness (QED) is 0.121. The molecular formula is C49H32N2O4. The summed E-state index contributed by atoms with van der Waals surface area (Å²) in [5.74, 6) is -1.88. The molecule has 0 amide bonds. The molecule has 0 spiro atoms. The Labute approximate surface area is 316 Å². The van der Waals surface area contributed by atoms with Crippen molar-refractivity contribution < 1.29 is 19.8 Å². The summed E-state index contributed by atoms with van der Waals surface area (Å²) in [6, 6.07) is 59.8. The van der Waals surface area contributed by atoms with Gasteiger partial charge in [-0.2, -0.15) is 0 Å². The summed E-state index contributed by atoms with van der Waals surface area (Å²) in [5.41, 5.74) is 8.79. The molecule has 8 aromatic carbocycles. The van der Waals surface area contributed by atoms with E-state index in [1.807, 2.05) is 83.4 Å². The molecule has 1 heterocycles. The molecule has 0 aliphatic carbocycles. The van der Waals surface area contributed by atoms with Gasteiger partial charge in [0.05, 0.1) is 22.2 Å². The fourth-order valence-corrected chi connectivity index (χ4v) is 7.65. The van der Waals surface area contributed by atoms with E-state index >= 15 is 0 Å². The molecule has 1 aromatic heterocycles. The van der Waals surface area contributed by atoms with E-state index in [9.17, 15) is 19.8 Å². The van der Waals surface area contributed by atoms with Crippen LogP contribution in [0.15, 0.2) is 182 Å². The third kappa shape index (κ3) is 5.92. The number of carboxylic acids is 2. The number of aromatic nitrogens is 2. The second-order valence-electron chi connectivity index (χ2n) is 13.4. The normalized spacial score (nSPS) is 11.2. The van der Waals surface area contributed by atoms with Crippen molar-refractivity contribution in [3.63, 3.8) is 0 Å². The highest BCUT2D eigenvalue weighted by molar-refractivity contribution is 6.24. The Balaban J connectivity index is 1.34. The van der Waals surface area contributed by atoms with Crippen molar-refractivity contribution in [3.05, 3.63) is 215 Å². The molecule has 2 N–H and O–H groups in total. The highest BCUT2D eigenvalue weighted by Gasteiger charge is 2.23. The van der Waals surface area contributed by atoms with E-state index in [0.29, 0.717) is 11.5 Å². The molecule has 0 saturated carbocycles. The van der Waals surface area contributed by atoms with Gasteiger partial charge in [0.1, 0.15) is 5.82 Å². The molecule has 0 aliphatic rings. The molecule has 0 saturated heterocycles. The van der Waals surface area contributed by atoms with E-state index in [4.69, 9.17) is 4.98 Å². The summed E-state index contributed by atoms with van der Waals surface area (Å²) in [6.07, 6.45) is 0. The minimum Gasteiger partial charge on any atom is -0.478 e. The Morgan fingerprint density at radius 2 is 0.818 bits per heavy atom. The molecule has 262 valence electrons. The van der Waals surface area contributed by atoms with Crippen LogP contribution in [0, 0.1) is 0 Å². The highest BCUT2D eigenvalue weighted by atomic mass is 16.4. The van der Waals surface area contributed by atoms with Crippen LogP contribution in [0.25, 0.3) is 60.8 Å². The van der Waals surface area contributed by atoms with E-state index in [0.717, 1.165) is 71.5 Å². The number of fused-ring (bicyclic) bond motifs is 6. The van der Waals surface area contributed by atoms with Crippen LogP contribution in [0.4, 0.5) is 0 Å². The molecule has 0 radical (unpaired) electrons. The lowest BCUT2D eigenvalue weighted by Gasteiger charge is -2.18. The Bertz CT molecular complexity index is 2880. The first-order valence-electron chi connectivity index (χ1n) is 17.9. The van der Waals surface area contributed by atoms with Gasteiger partial charge < -0.3 is 10.2 Å². The van der Waals surface area contributed by atoms with Crippen molar-refractivity contribution in [1.82, 2.24) is 9.55 Å². The van der Waals surface area contributed by atoms with E-state index in [1.54, 1.807) is 0 Å². The molecule has 0 aliphatic heterocycles. The van der Waals surface area contributed by atoms with Gasteiger partial charge in [-0.25, -0.2) is 14.6 Å². The van der Waals surface area contributed by atoms with E-state index in [-0.39, 0.29) is 11.1 Å². The molecule has 9 aromatic rings. The zero-order chi connectivity index (χ0) is 37.5. The highest BCUT2D eigenvalue weighted by Crippen LogP contribution is 2.41. The molecule has 0 bridgehead atoms. The summed E-state index contributed by atoms with van der Waals surface area (Å²) < 4.78 is 1.91. The van der Waals surface area contributed by atoms with Crippen molar-refractivity contribution in [3.8, 4) is 17.1 Å². The van der Waals surface area contributed by atoms with Gasteiger partial charge in [0, 0.05) is 22.0 Å². The van der Waals surface area contributed by atoms with Crippen LogP contribution in [-0.2, 0) is 0 Å². The van der Waals surface area contributed by atoms with Crippen molar-refractivity contribution in [2.75, 3.05) is 0 Å². The minimum absolute atomic E-state index is 0.130. The maximum absolute atomic E-state index is 12.4. The largest absolute Gasteiger partial charge is 0.478 e. The summed E-state index contributed by atoms with van der Waals surface area (Å²) in [6.45, 7) is 0. The van der Waals surface area contributed by atoms with Gasteiger partial charge in [-0.3, -0.25) is 4.57 Å². The smallest absolute Gasteiger partial charge is 0.335 e. The number of nitrogens with zero attached hydrogens (tertiary/aromatic N) is 2. The van der Waals surface area contributed by atoms with Crippen molar-refractivity contribution in [2.45, 2.75) is 0 Å². The molecule has 9 rings (SSSR count). The second kappa shape index (κ2) is 13.8.